The van der Waals surface area contributed by atoms with Gasteiger partial charge in [0, 0.05) is 45.8 Å². The number of carbonyl (C=O) groups excluding carboxylic acids is 1. The van der Waals surface area contributed by atoms with Gasteiger partial charge in [-0.25, -0.2) is 4.98 Å². The summed E-state index contributed by atoms with van der Waals surface area (Å²) in [6, 6.07) is 8.46. The van der Waals surface area contributed by atoms with Crippen LogP contribution in [0.3, 0.4) is 0 Å². The van der Waals surface area contributed by atoms with Crippen LogP contribution >= 0.6 is 0 Å². The number of rotatable bonds is 11. The highest BCUT2D eigenvalue weighted by Crippen LogP contribution is 2.65. The van der Waals surface area contributed by atoms with Gasteiger partial charge >= 0.3 is 6.18 Å². The van der Waals surface area contributed by atoms with Crippen LogP contribution in [0.5, 0.6) is 5.75 Å². The predicted molar refractivity (Wildman–Crippen MR) is 209 cm³/mol. The average molecular weight is 825 g/mol. The summed E-state index contributed by atoms with van der Waals surface area (Å²) in [5.41, 5.74) is 1.54. The van der Waals surface area contributed by atoms with E-state index in [1.807, 2.05) is 18.2 Å². The lowest BCUT2D eigenvalue weighted by atomic mass is 9.53. The molecule has 4 heterocycles. The zero-order valence-electron chi connectivity index (χ0n) is 33.3. The maximum Gasteiger partial charge on any atom is 0.434 e. The van der Waals surface area contributed by atoms with E-state index in [2.05, 4.69) is 53.6 Å². The second-order valence-electron chi connectivity index (χ2n) is 17.6. The van der Waals surface area contributed by atoms with Gasteiger partial charge in [-0.2, -0.15) is 18.3 Å². The molecular formula is C42H55F3N8O6. The lowest BCUT2D eigenvalue weighted by molar-refractivity contribution is -0.148. The standard InChI is InChI=1S/C42H55F3N8O6/c1-40-12-9-29-28-7-5-27(54)19-25(28)3-6-30(29)31(40)10-13-41(40,58)11-2-14-47-39(57)32-8-4-26(50-51-32)22-52-15-17-53(18-16-52)23-34-38(56)37(55)33(24-59-34)48-36-21-46-20-35(49-36)42(43,44)45/h4-5,7-8,19-21,29-31,33-34,37-38,54-56,58H,2-3,6,9-18,22-24H2,1H3,(H,47,57)(H,48,49)/t29-,30-,31+,33+,34-,37-,38+,40+,41+/m1/s1. The van der Waals surface area contributed by atoms with Crippen molar-refractivity contribution < 1.29 is 43.1 Å². The van der Waals surface area contributed by atoms with E-state index in [0.717, 1.165) is 50.4 Å². The number of amides is 1. The Kier molecular flexibility index (Phi) is 11.9. The smallest absolute Gasteiger partial charge is 0.434 e. The van der Waals surface area contributed by atoms with Gasteiger partial charge in [0.25, 0.3) is 5.91 Å². The molecule has 0 bridgehead atoms. The molecule has 0 radical (unpaired) electrons. The van der Waals surface area contributed by atoms with E-state index < -0.39 is 41.8 Å². The molecule has 0 spiro atoms. The van der Waals surface area contributed by atoms with Crippen LogP contribution in [0.1, 0.15) is 90.8 Å². The topological polar surface area (TPSA) is 189 Å². The molecule has 59 heavy (non-hydrogen) atoms. The number of benzene rings is 1. The Bertz CT molecular complexity index is 1950. The van der Waals surface area contributed by atoms with Gasteiger partial charge in [0.1, 0.15) is 23.8 Å². The summed E-state index contributed by atoms with van der Waals surface area (Å²) >= 11 is 0. The number of anilines is 1. The van der Waals surface area contributed by atoms with E-state index in [9.17, 15) is 38.4 Å². The highest BCUT2D eigenvalue weighted by atomic mass is 19.4. The van der Waals surface area contributed by atoms with E-state index in [1.54, 1.807) is 6.07 Å². The molecule has 8 rings (SSSR count). The van der Waals surface area contributed by atoms with E-state index in [4.69, 9.17) is 4.74 Å². The summed E-state index contributed by atoms with van der Waals surface area (Å²) in [7, 11) is 0. The number of piperazine rings is 1. The molecule has 4 fully saturated rings. The Morgan fingerprint density at radius 2 is 1.80 bits per heavy atom. The number of hydrogen-bond donors (Lipinski definition) is 6. The number of nitrogens with zero attached hydrogens (tertiary/aromatic N) is 6. The van der Waals surface area contributed by atoms with Crippen LogP contribution in [0.4, 0.5) is 19.0 Å². The Morgan fingerprint density at radius 3 is 2.56 bits per heavy atom. The third-order valence-corrected chi connectivity index (χ3v) is 14.2. The van der Waals surface area contributed by atoms with Crippen LogP contribution in [0, 0.1) is 17.3 Å². The molecule has 1 amide bonds. The SMILES string of the molecule is C[C@]12CC[C@@H]3c4ccc(O)cc4CC[C@H]3[C@@H]1CC[C@@]2(O)CCCNC(=O)c1ccc(CN2CCN(C[C@H]3OC[C@H](Nc4cncc(C(F)(F)F)n4)[C@@H](O)[C@H]3O)CC2)nn1. The molecule has 2 aromatic heterocycles. The monoisotopic (exact) mass is 824 g/mol. The van der Waals surface area contributed by atoms with Crippen molar-refractivity contribution >= 4 is 11.7 Å². The largest absolute Gasteiger partial charge is 0.508 e. The Morgan fingerprint density at radius 1 is 1.00 bits per heavy atom. The van der Waals surface area contributed by atoms with E-state index in [-0.39, 0.29) is 29.4 Å². The van der Waals surface area contributed by atoms with Gasteiger partial charge in [0.15, 0.2) is 11.4 Å². The van der Waals surface area contributed by atoms with E-state index in [1.165, 1.54) is 11.1 Å². The fourth-order valence-electron chi connectivity index (χ4n) is 10.9. The van der Waals surface area contributed by atoms with Crippen LogP contribution in [-0.2, 0) is 23.9 Å². The number of ether oxygens (including phenoxy) is 1. The molecule has 1 aromatic carbocycles. The lowest BCUT2D eigenvalue weighted by Crippen LogP contribution is -2.59. The van der Waals surface area contributed by atoms with Crippen molar-refractivity contribution in [3.8, 4) is 5.75 Å². The first-order valence-corrected chi connectivity index (χ1v) is 20.9. The number of phenols is 1. The zero-order chi connectivity index (χ0) is 41.5. The first kappa shape index (κ1) is 41.7. The number of aromatic nitrogens is 4. The summed E-state index contributed by atoms with van der Waals surface area (Å²) in [5.74, 6) is 1.36. The minimum Gasteiger partial charge on any atom is -0.508 e. The number of hydrogen-bond acceptors (Lipinski definition) is 13. The van der Waals surface area contributed by atoms with Gasteiger partial charge in [0.05, 0.1) is 42.4 Å². The van der Waals surface area contributed by atoms with Crippen molar-refractivity contribution in [3.05, 3.63) is 70.9 Å². The minimum atomic E-state index is -4.66. The molecule has 6 N–H and O–H groups in total. The number of alkyl halides is 3. The molecule has 17 heteroatoms. The van der Waals surface area contributed by atoms with Gasteiger partial charge in [-0.1, -0.05) is 13.0 Å². The number of halogens is 3. The van der Waals surface area contributed by atoms with E-state index in [0.29, 0.717) is 88.4 Å². The number of phenolic OH excluding ortho intramolecular Hbond substituents is 1. The van der Waals surface area contributed by atoms with Crippen molar-refractivity contribution in [2.24, 2.45) is 17.3 Å². The molecular weight excluding hydrogens is 770 g/mol. The minimum absolute atomic E-state index is 0.0392. The molecule has 9 atom stereocenters. The molecule has 14 nitrogen and oxygen atoms in total. The highest BCUT2D eigenvalue weighted by Gasteiger charge is 2.61. The van der Waals surface area contributed by atoms with E-state index >= 15 is 0 Å². The van der Waals surface area contributed by atoms with Crippen molar-refractivity contribution in [3.63, 3.8) is 0 Å². The number of carbonyl (C=O) groups is 1. The maximum atomic E-state index is 13.0. The zero-order valence-corrected chi connectivity index (χ0v) is 33.3. The summed E-state index contributed by atoms with van der Waals surface area (Å²) < 4.78 is 44.9. The summed E-state index contributed by atoms with van der Waals surface area (Å²) in [4.78, 5) is 24.4. The molecule has 2 saturated carbocycles. The third kappa shape index (κ3) is 8.64. The summed E-state index contributed by atoms with van der Waals surface area (Å²) in [5, 5.41) is 57.8. The van der Waals surface area contributed by atoms with Crippen molar-refractivity contribution in [2.75, 3.05) is 51.2 Å². The fourth-order valence-corrected chi connectivity index (χ4v) is 10.9. The van der Waals surface area contributed by atoms with Gasteiger partial charge in [-0.15, -0.1) is 5.10 Å². The van der Waals surface area contributed by atoms with Crippen molar-refractivity contribution in [1.82, 2.24) is 35.3 Å². The van der Waals surface area contributed by atoms with Crippen molar-refractivity contribution in [2.45, 2.75) is 107 Å². The Balaban J connectivity index is 0.743. The van der Waals surface area contributed by atoms with Crippen LogP contribution in [0.25, 0.3) is 0 Å². The predicted octanol–water partition coefficient (Wildman–Crippen LogP) is 3.51. The number of aliphatic hydroxyl groups is 3. The normalized spacial score (nSPS) is 32.5. The number of fused-ring (bicyclic) bond motifs is 5. The fraction of sp³-hybridized carbons (Fsp3) is 0.643. The molecule has 3 aliphatic carbocycles. The van der Waals surface area contributed by atoms with Gasteiger partial charge in [0.2, 0.25) is 0 Å². The van der Waals surface area contributed by atoms with Gasteiger partial charge < -0.3 is 35.8 Å². The van der Waals surface area contributed by atoms with Crippen LogP contribution in [-0.4, -0.2) is 132 Å². The molecule has 2 saturated heterocycles. The molecule has 320 valence electrons. The lowest BCUT2D eigenvalue weighted by Gasteiger charge is -2.53. The summed E-state index contributed by atoms with van der Waals surface area (Å²) in [6.45, 7) is 6.37. The first-order valence-electron chi connectivity index (χ1n) is 20.9. The Hall–Kier alpha value is -4.00. The van der Waals surface area contributed by atoms with Gasteiger partial charge in [-0.3, -0.25) is 19.6 Å². The highest BCUT2D eigenvalue weighted by molar-refractivity contribution is 5.91. The maximum absolute atomic E-state index is 13.0. The van der Waals surface area contributed by atoms with Crippen LogP contribution in [0.15, 0.2) is 42.7 Å². The second-order valence-corrected chi connectivity index (χ2v) is 17.6. The quantitative estimate of drug-likeness (QED) is 0.154. The van der Waals surface area contributed by atoms with Crippen molar-refractivity contribution in [1.29, 1.82) is 0 Å². The number of aryl methyl sites for hydroxylation is 1. The third-order valence-electron chi connectivity index (χ3n) is 14.2. The average Bonchev–Trinajstić information content (AvgIpc) is 3.49. The molecule has 0 unspecified atom stereocenters. The number of aromatic hydroxyl groups is 1. The van der Waals surface area contributed by atoms with Crippen LogP contribution in [0.2, 0.25) is 0 Å². The second kappa shape index (κ2) is 16.8. The Labute approximate surface area is 341 Å². The number of aliphatic hydroxyl groups excluding tert-OH is 2. The number of nitrogens with one attached hydrogen (secondary N) is 2. The first-order chi connectivity index (χ1) is 28.2. The molecule has 3 aromatic rings. The molecule has 2 aliphatic heterocycles. The molecule has 5 aliphatic rings. The van der Waals surface area contributed by atoms with Gasteiger partial charge in [-0.05, 0) is 110 Å². The summed E-state index contributed by atoms with van der Waals surface area (Å²) in [6.07, 6.45) is 1.01. The van der Waals surface area contributed by atoms with Crippen LogP contribution < -0.4 is 10.6 Å².